The van der Waals surface area contributed by atoms with Crippen LogP contribution < -0.4 is 9.61 Å². The van der Waals surface area contributed by atoms with Gasteiger partial charge in [0.2, 0.25) is 0 Å². The first-order chi connectivity index (χ1) is 8.80. The van der Waals surface area contributed by atoms with Crippen molar-refractivity contribution in [3.05, 3.63) is 30.3 Å². The van der Waals surface area contributed by atoms with Gasteiger partial charge in [-0.05, 0) is 32.9 Å². The number of benzene rings is 1. The summed E-state index contributed by atoms with van der Waals surface area (Å²) in [7, 11) is -4.06. The Labute approximate surface area is 113 Å². The van der Waals surface area contributed by atoms with Gasteiger partial charge in [-0.25, -0.2) is 9.65 Å². The van der Waals surface area contributed by atoms with Crippen molar-refractivity contribution in [2.24, 2.45) is 0 Å². The summed E-state index contributed by atoms with van der Waals surface area (Å²) in [6, 6.07) is 7.53. The van der Waals surface area contributed by atoms with E-state index in [9.17, 15) is 14.6 Å². The van der Waals surface area contributed by atoms with Crippen LogP contribution >= 0.6 is 7.75 Å². The molecule has 2 unspecified atom stereocenters. The van der Waals surface area contributed by atoms with Crippen LogP contribution in [-0.2, 0) is 9.30 Å². The predicted molar refractivity (Wildman–Crippen MR) is 71.7 cm³/mol. The van der Waals surface area contributed by atoms with Crippen LogP contribution in [0.4, 0.5) is 0 Å². The van der Waals surface area contributed by atoms with E-state index in [1.54, 1.807) is 44.2 Å². The third-order valence-electron chi connectivity index (χ3n) is 2.18. The van der Waals surface area contributed by atoms with Crippen LogP contribution in [0.25, 0.3) is 0 Å². The summed E-state index contributed by atoms with van der Waals surface area (Å²) < 4.78 is 21.9. The third-order valence-corrected chi connectivity index (χ3v) is 3.37. The van der Waals surface area contributed by atoms with Gasteiger partial charge in [0.1, 0.15) is 5.75 Å². The van der Waals surface area contributed by atoms with Crippen LogP contribution in [0.3, 0.4) is 0 Å². The van der Waals surface area contributed by atoms with Gasteiger partial charge in [0.15, 0.2) is 6.29 Å². The molecule has 19 heavy (non-hydrogen) atoms. The summed E-state index contributed by atoms with van der Waals surface area (Å²) in [6.45, 7) is 5.05. The second kappa shape index (κ2) is 7.03. The maximum atomic E-state index is 11.8. The van der Waals surface area contributed by atoms with Crippen molar-refractivity contribution in [1.82, 2.24) is 5.09 Å². The summed E-state index contributed by atoms with van der Waals surface area (Å²) >= 11 is 0. The number of para-hydroxylation sites is 1. The second-order valence-electron chi connectivity index (χ2n) is 4.42. The highest BCUT2D eigenvalue weighted by Crippen LogP contribution is 2.38. The number of rotatable bonds is 7. The summed E-state index contributed by atoms with van der Waals surface area (Å²) in [5, 5.41) is 12.0. The van der Waals surface area contributed by atoms with Crippen LogP contribution in [0.5, 0.6) is 5.75 Å². The van der Waals surface area contributed by atoms with E-state index in [-0.39, 0.29) is 11.9 Å². The highest BCUT2D eigenvalue weighted by atomic mass is 31.2. The summed E-state index contributed by atoms with van der Waals surface area (Å²) in [4.78, 5) is 9.68. The van der Waals surface area contributed by atoms with Crippen LogP contribution in [0, 0.1) is 0 Å². The van der Waals surface area contributed by atoms with E-state index in [1.165, 1.54) is 6.92 Å². The van der Waals surface area contributed by atoms with Crippen molar-refractivity contribution in [1.29, 1.82) is 0 Å². The molecule has 0 aliphatic carbocycles. The van der Waals surface area contributed by atoms with E-state index in [0.717, 1.165) is 0 Å². The number of aliphatic hydroxyl groups is 1. The lowest BCUT2D eigenvalue weighted by molar-refractivity contribution is -0.137. The second-order valence-corrected chi connectivity index (χ2v) is 5.90. The average Bonchev–Trinajstić information content (AvgIpc) is 2.27. The van der Waals surface area contributed by atoms with E-state index >= 15 is 0 Å². The molecule has 0 spiro atoms. The molecule has 6 nitrogen and oxygen atoms in total. The van der Waals surface area contributed by atoms with E-state index < -0.39 is 20.1 Å². The lowest BCUT2D eigenvalue weighted by Gasteiger charge is -2.24. The summed E-state index contributed by atoms with van der Waals surface area (Å²) in [6.07, 6.45) is -1.38. The minimum atomic E-state index is -4.06. The zero-order valence-electron chi connectivity index (χ0n) is 11.2. The summed E-state index contributed by atoms with van der Waals surface area (Å²) in [5.74, 6) is 0.271. The van der Waals surface area contributed by atoms with E-state index in [0.29, 0.717) is 0 Å². The van der Waals surface area contributed by atoms with Crippen LogP contribution in [-0.4, -0.2) is 28.4 Å². The molecular formula is C12H20NO5P. The van der Waals surface area contributed by atoms with E-state index in [1.807, 2.05) is 0 Å². The monoisotopic (exact) mass is 289 g/mol. The lowest BCUT2D eigenvalue weighted by atomic mass is 10.3. The van der Waals surface area contributed by atoms with E-state index in [2.05, 4.69) is 5.09 Å². The molecule has 0 aromatic heterocycles. The van der Waals surface area contributed by atoms with Crippen LogP contribution in [0.15, 0.2) is 30.3 Å². The molecule has 0 saturated heterocycles. The van der Waals surface area contributed by atoms with Gasteiger partial charge in [-0.3, -0.25) is 0 Å². The van der Waals surface area contributed by atoms with Crippen molar-refractivity contribution in [2.45, 2.75) is 39.2 Å². The average molecular weight is 289 g/mol. The van der Waals surface area contributed by atoms with Crippen LogP contribution in [0.1, 0.15) is 20.8 Å². The Morgan fingerprint density at radius 2 is 1.79 bits per heavy atom. The van der Waals surface area contributed by atoms with Gasteiger partial charge in [-0.15, -0.1) is 0 Å². The molecule has 0 aliphatic heterocycles. The largest absolute Gasteiger partial charge is 0.456 e. The maximum absolute atomic E-state index is 11.8. The maximum Gasteiger partial charge on any atom is 0.456 e. The smallest absolute Gasteiger partial charge is 0.413 e. The minimum absolute atomic E-state index is 0.188. The number of ether oxygens (including phenoxy) is 1. The molecule has 108 valence electrons. The standard InChI is InChI=1S/C12H20NO5P/c1-9(2)17-12(14)10(3)13-19(15,16)18-11-7-5-4-6-8-11/h4-10,12,14H,1-3H3,(H2,13,15,16)/t10-,12?/m0/s1. The molecule has 7 heteroatoms. The zero-order valence-corrected chi connectivity index (χ0v) is 12.1. The van der Waals surface area contributed by atoms with Gasteiger partial charge < -0.3 is 19.3 Å². The molecule has 0 saturated carbocycles. The van der Waals surface area contributed by atoms with Crippen molar-refractivity contribution < 1.29 is 23.8 Å². The quantitative estimate of drug-likeness (QED) is 0.525. The van der Waals surface area contributed by atoms with Gasteiger partial charge in [0.25, 0.3) is 0 Å². The molecule has 0 bridgehead atoms. The zero-order chi connectivity index (χ0) is 14.5. The molecular weight excluding hydrogens is 269 g/mol. The molecule has 0 amide bonds. The first-order valence-corrected chi connectivity index (χ1v) is 7.56. The summed E-state index contributed by atoms with van der Waals surface area (Å²) in [5.41, 5.74) is 0. The number of nitrogens with one attached hydrogen (secondary N) is 1. The Morgan fingerprint density at radius 1 is 1.21 bits per heavy atom. The highest BCUT2D eigenvalue weighted by molar-refractivity contribution is 7.51. The fourth-order valence-electron chi connectivity index (χ4n) is 1.37. The fraction of sp³-hybridized carbons (Fsp3) is 0.500. The lowest BCUT2D eigenvalue weighted by Crippen LogP contribution is -2.39. The Bertz CT molecular complexity index is 425. The molecule has 0 heterocycles. The van der Waals surface area contributed by atoms with Crippen molar-refractivity contribution in [3.63, 3.8) is 0 Å². The molecule has 1 aromatic rings. The fourth-order valence-corrected chi connectivity index (χ4v) is 2.47. The van der Waals surface area contributed by atoms with Gasteiger partial charge in [-0.2, -0.15) is 0 Å². The minimum Gasteiger partial charge on any atom is -0.413 e. The van der Waals surface area contributed by atoms with Crippen molar-refractivity contribution in [3.8, 4) is 5.75 Å². The molecule has 0 radical (unpaired) electrons. The molecule has 1 rings (SSSR count). The molecule has 3 atom stereocenters. The normalized spacial score (nSPS) is 17.8. The number of hydrogen-bond donors (Lipinski definition) is 3. The Balaban J connectivity index is 2.56. The molecule has 0 aliphatic rings. The molecule has 3 N–H and O–H groups in total. The highest BCUT2D eigenvalue weighted by Gasteiger charge is 2.28. The molecule has 1 aromatic carbocycles. The van der Waals surface area contributed by atoms with E-state index in [4.69, 9.17) is 9.26 Å². The third kappa shape index (κ3) is 6.18. The van der Waals surface area contributed by atoms with Crippen molar-refractivity contribution >= 4 is 7.75 Å². The van der Waals surface area contributed by atoms with Gasteiger partial charge >= 0.3 is 7.75 Å². The number of aliphatic hydroxyl groups excluding tert-OH is 1. The van der Waals surface area contributed by atoms with Crippen LogP contribution in [0.2, 0.25) is 0 Å². The first-order valence-electron chi connectivity index (χ1n) is 5.99. The first kappa shape index (κ1) is 16.1. The van der Waals surface area contributed by atoms with Gasteiger partial charge in [0.05, 0.1) is 12.1 Å². The number of hydrogen-bond acceptors (Lipinski definition) is 4. The Kier molecular flexibility index (Phi) is 5.97. The topological polar surface area (TPSA) is 88.0 Å². The van der Waals surface area contributed by atoms with Crippen molar-refractivity contribution in [2.75, 3.05) is 0 Å². The SMILES string of the molecule is CC(C)OC(O)[C@H](C)NP(=O)(O)Oc1ccccc1. The Hall–Kier alpha value is -0.910. The predicted octanol–water partition coefficient (Wildman–Crippen LogP) is 1.89. The van der Waals surface area contributed by atoms with Gasteiger partial charge in [-0.1, -0.05) is 18.2 Å². The Morgan fingerprint density at radius 3 is 2.32 bits per heavy atom. The molecule has 0 fully saturated rings. The van der Waals surface area contributed by atoms with Gasteiger partial charge in [0, 0.05) is 0 Å².